The first-order chi connectivity index (χ1) is 15.0. The van der Waals surface area contributed by atoms with Crippen LogP contribution in [0, 0.1) is 6.92 Å². The summed E-state index contributed by atoms with van der Waals surface area (Å²) in [6.45, 7) is 5.03. The normalized spacial score (nSPS) is 14.0. The second kappa shape index (κ2) is 9.54. The van der Waals surface area contributed by atoms with Gasteiger partial charge in [-0.05, 0) is 30.7 Å². The van der Waals surface area contributed by atoms with E-state index in [0.29, 0.717) is 44.5 Å². The van der Waals surface area contributed by atoms with Crippen LogP contribution in [0.1, 0.15) is 16.7 Å². The predicted octanol–water partition coefficient (Wildman–Crippen LogP) is 4.66. The van der Waals surface area contributed by atoms with E-state index in [2.05, 4.69) is 4.98 Å². The van der Waals surface area contributed by atoms with Crippen LogP contribution in [-0.2, 0) is 17.8 Å². The molecule has 4 rings (SSSR count). The number of fused-ring (bicyclic) bond motifs is 1. The van der Waals surface area contributed by atoms with Gasteiger partial charge in [0, 0.05) is 29.6 Å². The van der Waals surface area contributed by atoms with Crippen LogP contribution in [0.15, 0.2) is 48.5 Å². The first-order valence-electron chi connectivity index (χ1n) is 10.3. The van der Waals surface area contributed by atoms with Gasteiger partial charge in [0.25, 0.3) is 0 Å². The second-order valence-corrected chi connectivity index (χ2v) is 8.04. The zero-order valence-corrected chi connectivity index (χ0v) is 18.6. The molecule has 0 radical (unpaired) electrons. The Balaban J connectivity index is 1.66. The van der Waals surface area contributed by atoms with Crippen molar-refractivity contribution in [1.29, 1.82) is 0 Å². The molecular weight excluding hydrogens is 414 g/mol. The summed E-state index contributed by atoms with van der Waals surface area (Å²) in [7, 11) is 1.64. The summed E-state index contributed by atoms with van der Waals surface area (Å²) < 4.78 is 10.9. The number of aryl methyl sites for hydroxylation is 1. The maximum Gasteiger partial charge on any atom is 0.320 e. The summed E-state index contributed by atoms with van der Waals surface area (Å²) >= 11 is 6.54. The molecule has 1 aliphatic rings. The van der Waals surface area contributed by atoms with E-state index in [4.69, 9.17) is 21.1 Å². The van der Waals surface area contributed by atoms with Crippen molar-refractivity contribution in [1.82, 2.24) is 14.8 Å². The first kappa shape index (κ1) is 21.4. The smallest absolute Gasteiger partial charge is 0.320 e. The number of amides is 2. The van der Waals surface area contributed by atoms with E-state index in [1.165, 1.54) is 0 Å². The lowest BCUT2D eigenvalue weighted by Crippen LogP contribution is -2.47. The highest BCUT2D eigenvalue weighted by Gasteiger charge is 2.25. The van der Waals surface area contributed by atoms with Crippen LogP contribution in [0.4, 0.5) is 4.79 Å². The van der Waals surface area contributed by atoms with E-state index in [1.54, 1.807) is 12.0 Å². The molecule has 1 aliphatic heterocycles. The lowest BCUT2D eigenvalue weighted by Gasteiger charge is -2.33. The number of hydrogen-bond donors (Lipinski definition) is 0. The lowest BCUT2D eigenvalue weighted by molar-refractivity contribution is 0.0418. The predicted molar refractivity (Wildman–Crippen MR) is 122 cm³/mol. The minimum atomic E-state index is -0.0470. The number of methoxy groups -OCH3 is 1. The molecule has 1 aromatic heterocycles. The fourth-order valence-electron chi connectivity index (χ4n) is 3.80. The summed E-state index contributed by atoms with van der Waals surface area (Å²) in [5, 5.41) is 1.42. The summed E-state index contributed by atoms with van der Waals surface area (Å²) in [6.07, 6.45) is 0. The number of aromatic nitrogens is 1. The molecule has 7 heteroatoms. The quantitative estimate of drug-likeness (QED) is 0.542. The van der Waals surface area contributed by atoms with Crippen LogP contribution < -0.4 is 4.74 Å². The Morgan fingerprint density at radius 1 is 1.13 bits per heavy atom. The fraction of sp³-hybridized carbons (Fsp3) is 0.333. The molecule has 2 aromatic carbocycles. The van der Waals surface area contributed by atoms with Gasteiger partial charge >= 0.3 is 6.03 Å². The highest BCUT2D eigenvalue weighted by atomic mass is 35.5. The van der Waals surface area contributed by atoms with E-state index >= 15 is 0 Å². The Labute approximate surface area is 187 Å². The number of para-hydroxylation sites is 1. The number of hydrogen-bond acceptors (Lipinski definition) is 4. The van der Waals surface area contributed by atoms with Crippen molar-refractivity contribution in [2.45, 2.75) is 20.0 Å². The van der Waals surface area contributed by atoms with Crippen LogP contribution >= 0.6 is 11.6 Å². The van der Waals surface area contributed by atoms with Crippen LogP contribution in [0.5, 0.6) is 5.75 Å². The number of benzene rings is 2. The number of urea groups is 1. The van der Waals surface area contributed by atoms with Gasteiger partial charge in [-0.1, -0.05) is 41.9 Å². The molecule has 1 saturated heterocycles. The molecule has 0 saturated carbocycles. The van der Waals surface area contributed by atoms with Gasteiger partial charge < -0.3 is 19.3 Å². The molecule has 31 heavy (non-hydrogen) atoms. The number of morpholine rings is 1. The van der Waals surface area contributed by atoms with Crippen LogP contribution in [-0.4, -0.2) is 54.2 Å². The average Bonchev–Trinajstić information content (AvgIpc) is 2.79. The Hall–Kier alpha value is -2.83. The van der Waals surface area contributed by atoms with Gasteiger partial charge in [0.05, 0.1) is 38.9 Å². The summed E-state index contributed by atoms with van der Waals surface area (Å²) in [5.74, 6) is 0.750. The highest BCUT2D eigenvalue weighted by molar-refractivity contribution is 6.30. The second-order valence-electron chi connectivity index (χ2n) is 7.68. The molecule has 0 aliphatic carbocycles. The Bertz CT molecular complexity index is 1080. The van der Waals surface area contributed by atoms with E-state index in [9.17, 15) is 4.79 Å². The first-order valence-corrected chi connectivity index (χ1v) is 10.7. The minimum Gasteiger partial charge on any atom is -0.496 e. The lowest BCUT2D eigenvalue weighted by atomic mass is 10.1. The number of pyridine rings is 1. The molecule has 3 aromatic rings. The van der Waals surface area contributed by atoms with E-state index < -0.39 is 0 Å². The molecule has 162 valence electrons. The van der Waals surface area contributed by atoms with E-state index in [1.807, 2.05) is 60.4 Å². The Morgan fingerprint density at radius 3 is 2.65 bits per heavy atom. The third-order valence-electron chi connectivity index (χ3n) is 5.47. The summed E-state index contributed by atoms with van der Waals surface area (Å²) in [6, 6.07) is 15.8. The van der Waals surface area contributed by atoms with Crippen LogP contribution in [0.25, 0.3) is 10.9 Å². The van der Waals surface area contributed by atoms with Gasteiger partial charge in [0.15, 0.2) is 0 Å². The molecule has 2 amide bonds. The van der Waals surface area contributed by atoms with Crippen molar-refractivity contribution < 1.29 is 14.3 Å². The van der Waals surface area contributed by atoms with Gasteiger partial charge in [-0.3, -0.25) is 0 Å². The topological polar surface area (TPSA) is 54.9 Å². The molecule has 0 N–H and O–H groups in total. The molecule has 6 nitrogen and oxygen atoms in total. The van der Waals surface area contributed by atoms with Crippen molar-refractivity contribution in [3.8, 4) is 5.75 Å². The third-order valence-corrected chi connectivity index (χ3v) is 5.79. The Morgan fingerprint density at radius 2 is 1.87 bits per heavy atom. The zero-order chi connectivity index (χ0) is 21.8. The highest BCUT2D eigenvalue weighted by Crippen LogP contribution is 2.26. The monoisotopic (exact) mass is 439 g/mol. The molecule has 0 bridgehead atoms. The largest absolute Gasteiger partial charge is 0.496 e. The number of nitrogens with zero attached hydrogens (tertiary/aromatic N) is 3. The van der Waals surface area contributed by atoms with Crippen molar-refractivity contribution in [2.75, 3.05) is 33.4 Å². The fourth-order valence-corrected chi connectivity index (χ4v) is 4.00. The summed E-state index contributed by atoms with van der Waals surface area (Å²) in [4.78, 5) is 21.6. The van der Waals surface area contributed by atoms with Gasteiger partial charge in [-0.15, -0.1) is 0 Å². The van der Waals surface area contributed by atoms with Crippen molar-refractivity contribution in [2.24, 2.45) is 0 Å². The summed E-state index contributed by atoms with van der Waals surface area (Å²) in [5.41, 5.74) is 3.73. The molecule has 0 unspecified atom stereocenters. The van der Waals surface area contributed by atoms with Crippen molar-refractivity contribution >= 4 is 28.5 Å². The van der Waals surface area contributed by atoms with E-state index in [-0.39, 0.29) is 6.03 Å². The molecule has 1 fully saturated rings. The SMILES string of the molecule is COc1ccccc1CN(Cc1cc2ccc(C)cc2nc1Cl)C(=O)N1CCOCC1. The molecule has 2 heterocycles. The maximum atomic E-state index is 13.4. The zero-order valence-electron chi connectivity index (χ0n) is 17.8. The van der Waals surface area contributed by atoms with Gasteiger partial charge in [0.1, 0.15) is 10.9 Å². The number of carbonyl (C=O) groups is 1. The minimum absolute atomic E-state index is 0.0470. The molecule has 0 atom stereocenters. The van der Waals surface area contributed by atoms with Crippen LogP contribution in [0.2, 0.25) is 5.15 Å². The maximum absolute atomic E-state index is 13.4. The standard InChI is InChI=1S/C24H26ClN3O3/c1-17-7-8-18-14-20(23(25)26-21(18)13-17)16-28(24(29)27-9-11-31-12-10-27)15-19-5-3-4-6-22(19)30-2/h3-8,13-14H,9-12,15-16H2,1-2H3. The molecular formula is C24H26ClN3O3. The van der Waals surface area contributed by atoms with Crippen molar-refractivity contribution in [3.63, 3.8) is 0 Å². The van der Waals surface area contributed by atoms with Gasteiger partial charge in [0.2, 0.25) is 0 Å². The number of rotatable bonds is 5. The molecule has 0 spiro atoms. The van der Waals surface area contributed by atoms with Gasteiger partial charge in [-0.25, -0.2) is 9.78 Å². The van der Waals surface area contributed by atoms with Gasteiger partial charge in [-0.2, -0.15) is 0 Å². The van der Waals surface area contributed by atoms with Crippen LogP contribution in [0.3, 0.4) is 0 Å². The Kier molecular flexibility index (Phi) is 6.59. The number of ether oxygens (including phenoxy) is 2. The number of halogens is 1. The number of carbonyl (C=O) groups excluding carboxylic acids is 1. The third kappa shape index (κ3) is 4.92. The van der Waals surface area contributed by atoms with E-state index in [0.717, 1.165) is 33.3 Å². The average molecular weight is 440 g/mol. The van der Waals surface area contributed by atoms with Crippen molar-refractivity contribution in [3.05, 3.63) is 70.4 Å².